The number of ether oxygens (including phenoxy) is 1. The second kappa shape index (κ2) is 8.15. The molecule has 0 saturated carbocycles. The van der Waals surface area contributed by atoms with E-state index in [1.807, 2.05) is 6.92 Å². The Balaban J connectivity index is 2.66. The van der Waals surface area contributed by atoms with Crippen molar-refractivity contribution in [2.45, 2.75) is 40.0 Å². The Bertz CT molecular complexity index is 318. The van der Waals surface area contributed by atoms with Crippen LogP contribution < -0.4 is 10.1 Å². The van der Waals surface area contributed by atoms with Crippen LogP contribution in [0.25, 0.3) is 0 Å². The summed E-state index contributed by atoms with van der Waals surface area (Å²) in [5.74, 6) is 2.18. The maximum Gasteiger partial charge on any atom is 0.119 e. The Hall–Kier alpha value is -1.02. The molecule has 18 heavy (non-hydrogen) atoms. The predicted octanol–water partition coefficient (Wildman–Crippen LogP) is 3.82. The molecular weight excluding hydrogens is 222 g/mol. The molecule has 0 saturated heterocycles. The first-order chi connectivity index (χ1) is 8.69. The van der Waals surface area contributed by atoms with Crippen LogP contribution in [-0.4, -0.2) is 19.7 Å². The molecule has 1 aromatic carbocycles. The zero-order valence-electron chi connectivity index (χ0n) is 12.2. The molecule has 1 N–H and O–H groups in total. The van der Waals surface area contributed by atoms with Gasteiger partial charge in [-0.1, -0.05) is 32.9 Å². The molecule has 1 aromatic rings. The fourth-order valence-electron chi connectivity index (χ4n) is 2.15. The van der Waals surface area contributed by atoms with E-state index < -0.39 is 0 Å². The molecule has 0 spiro atoms. The van der Waals surface area contributed by atoms with E-state index in [2.05, 4.69) is 50.4 Å². The quantitative estimate of drug-likeness (QED) is 0.707. The van der Waals surface area contributed by atoms with E-state index in [1.165, 1.54) is 12.0 Å². The molecule has 0 radical (unpaired) electrons. The lowest BCUT2D eigenvalue weighted by Crippen LogP contribution is -2.25. The third-order valence-corrected chi connectivity index (χ3v) is 3.22. The molecule has 102 valence electrons. The van der Waals surface area contributed by atoms with Crippen LogP contribution in [0.3, 0.4) is 0 Å². The summed E-state index contributed by atoms with van der Waals surface area (Å²) >= 11 is 0. The van der Waals surface area contributed by atoms with Crippen molar-refractivity contribution in [1.82, 2.24) is 5.32 Å². The molecule has 1 rings (SSSR count). The smallest absolute Gasteiger partial charge is 0.119 e. The van der Waals surface area contributed by atoms with Crippen molar-refractivity contribution in [2.75, 3.05) is 19.7 Å². The van der Waals surface area contributed by atoms with Crippen LogP contribution in [0.1, 0.15) is 45.6 Å². The van der Waals surface area contributed by atoms with Gasteiger partial charge in [0.2, 0.25) is 0 Å². The maximum atomic E-state index is 5.48. The van der Waals surface area contributed by atoms with E-state index in [0.717, 1.165) is 25.4 Å². The second-order valence-electron chi connectivity index (χ2n) is 5.06. The first-order valence-corrected chi connectivity index (χ1v) is 7.12. The van der Waals surface area contributed by atoms with E-state index in [1.54, 1.807) is 0 Å². The third-order valence-electron chi connectivity index (χ3n) is 3.22. The third kappa shape index (κ3) is 4.69. The monoisotopic (exact) mass is 249 g/mol. The number of benzene rings is 1. The van der Waals surface area contributed by atoms with Crippen LogP contribution in [0.5, 0.6) is 5.75 Å². The highest BCUT2D eigenvalue weighted by atomic mass is 16.5. The van der Waals surface area contributed by atoms with Gasteiger partial charge in [0.15, 0.2) is 0 Å². The van der Waals surface area contributed by atoms with E-state index in [-0.39, 0.29) is 0 Å². The topological polar surface area (TPSA) is 21.3 Å². The lowest BCUT2D eigenvalue weighted by atomic mass is 9.88. The minimum absolute atomic E-state index is 0.576. The zero-order valence-corrected chi connectivity index (χ0v) is 12.2. The Morgan fingerprint density at radius 1 is 1.11 bits per heavy atom. The van der Waals surface area contributed by atoms with Gasteiger partial charge < -0.3 is 10.1 Å². The summed E-state index contributed by atoms with van der Waals surface area (Å²) < 4.78 is 5.48. The number of hydrogen-bond acceptors (Lipinski definition) is 2. The van der Waals surface area contributed by atoms with Gasteiger partial charge in [-0.15, -0.1) is 0 Å². The van der Waals surface area contributed by atoms with Gasteiger partial charge in [-0.3, -0.25) is 0 Å². The second-order valence-corrected chi connectivity index (χ2v) is 5.06. The molecule has 2 heteroatoms. The van der Waals surface area contributed by atoms with Gasteiger partial charge in [0.1, 0.15) is 5.75 Å². The van der Waals surface area contributed by atoms with Crippen molar-refractivity contribution >= 4 is 0 Å². The van der Waals surface area contributed by atoms with Crippen LogP contribution in [0.2, 0.25) is 0 Å². The molecule has 0 aliphatic heterocycles. The van der Waals surface area contributed by atoms with Crippen molar-refractivity contribution < 1.29 is 4.74 Å². The highest BCUT2D eigenvalue weighted by molar-refractivity contribution is 5.30. The molecule has 2 nitrogen and oxygen atoms in total. The molecule has 0 heterocycles. The van der Waals surface area contributed by atoms with Crippen molar-refractivity contribution in [2.24, 2.45) is 5.92 Å². The van der Waals surface area contributed by atoms with Gasteiger partial charge in [-0.2, -0.15) is 0 Å². The standard InChI is InChI=1S/C16H27NO/c1-5-11-17-12-16(13(3)4)14-7-9-15(10-8-14)18-6-2/h7-10,13,16-17H,5-6,11-12H2,1-4H3. The number of rotatable bonds is 8. The van der Waals surface area contributed by atoms with Crippen molar-refractivity contribution in [3.8, 4) is 5.75 Å². The molecule has 1 atom stereocenters. The van der Waals surface area contributed by atoms with Crippen molar-refractivity contribution in [3.63, 3.8) is 0 Å². The van der Waals surface area contributed by atoms with Gasteiger partial charge in [-0.25, -0.2) is 0 Å². The molecule has 1 unspecified atom stereocenters. The van der Waals surface area contributed by atoms with E-state index in [4.69, 9.17) is 4.74 Å². The van der Waals surface area contributed by atoms with E-state index in [9.17, 15) is 0 Å². The number of nitrogens with one attached hydrogen (secondary N) is 1. The molecular formula is C16H27NO. The van der Waals surface area contributed by atoms with Gasteiger partial charge >= 0.3 is 0 Å². The average molecular weight is 249 g/mol. The molecule has 0 amide bonds. The predicted molar refractivity (Wildman–Crippen MR) is 78.4 cm³/mol. The average Bonchev–Trinajstić information content (AvgIpc) is 2.36. The summed E-state index contributed by atoms with van der Waals surface area (Å²) in [6.07, 6.45) is 1.19. The molecule has 0 aromatic heterocycles. The van der Waals surface area contributed by atoms with Crippen LogP contribution >= 0.6 is 0 Å². The summed E-state index contributed by atoms with van der Waals surface area (Å²) in [6, 6.07) is 8.55. The highest BCUT2D eigenvalue weighted by Crippen LogP contribution is 2.25. The minimum atomic E-state index is 0.576. The van der Waals surface area contributed by atoms with Crippen LogP contribution in [0, 0.1) is 5.92 Å². The number of hydrogen-bond donors (Lipinski definition) is 1. The fourth-order valence-corrected chi connectivity index (χ4v) is 2.15. The van der Waals surface area contributed by atoms with E-state index >= 15 is 0 Å². The molecule has 0 bridgehead atoms. The molecule has 0 aliphatic carbocycles. The zero-order chi connectivity index (χ0) is 13.4. The molecule has 0 fully saturated rings. The van der Waals surface area contributed by atoms with Crippen LogP contribution in [0.4, 0.5) is 0 Å². The van der Waals surface area contributed by atoms with Crippen molar-refractivity contribution in [1.29, 1.82) is 0 Å². The lowest BCUT2D eigenvalue weighted by Gasteiger charge is -2.22. The van der Waals surface area contributed by atoms with Gasteiger partial charge in [-0.05, 0) is 49.4 Å². The Kier molecular flexibility index (Phi) is 6.81. The maximum absolute atomic E-state index is 5.48. The van der Waals surface area contributed by atoms with Gasteiger partial charge in [0.05, 0.1) is 6.61 Å². The first-order valence-electron chi connectivity index (χ1n) is 7.12. The van der Waals surface area contributed by atoms with Crippen LogP contribution in [0.15, 0.2) is 24.3 Å². The Morgan fingerprint density at radius 3 is 2.28 bits per heavy atom. The first kappa shape index (κ1) is 15.0. The Labute approximate surface area is 112 Å². The van der Waals surface area contributed by atoms with Gasteiger partial charge in [0.25, 0.3) is 0 Å². The summed E-state index contributed by atoms with van der Waals surface area (Å²) in [6.45, 7) is 11.7. The minimum Gasteiger partial charge on any atom is -0.494 e. The van der Waals surface area contributed by atoms with Crippen LogP contribution in [-0.2, 0) is 0 Å². The normalized spacial score (nSPS) is 12.7. The summed E-state index contributed by atoms with van der Waals surface area (Å²) in [7, 11) is 0. The summed E-state index contributed by atoms with van der Waals surface area (Å²) in [5, 5.41) is 3.52. The summed E-state index contributed by atoms with van der Waals surface area (Å²) in [5.41, 5.74) is 1.40. The SMILES string of the molecule is CCCNCC(c1ccc(OCC)cc1)C(C)C. The Morgan fingerprint density at radius 2 is 1.78 bits per heavy atom. The highest BCUT2D eigenvalue weighted by Gasteiger charge is 2.15. The molecule has 0 aliphatic rings. The van der Waals surface area contributed by atoms with E-state index in [0.29, 0.717) is 11.8 Å². The van der Waals surface area contributed by atoms with Crippen molar-refractivity contribution in [3.05, 3.63) is 29.8 Å². The fraction of sp³-hybridized carbons (Fsp3) is 0.625. The van der Waals surface area contributed by atoms with Gasteiger partial charge in [0, 0.05) is 6.54 Å². The summed E-state index contributed by atoms with van der Waals surface area (Å²) in [4.78, 5) is 0. The largest absolute Gasteiger partial charge is 0.494 e. The lowest BCUT2D eigenvalue weighted by molar-refractivity contribution is 0.340.